The van der Waals surface area contributed by atoms with Gasteiger partial charge in [-0.25, -0.2) is 4.98 Å². The number of oxazole rings is 1. The normalized spacial score (nSPS) is 11.2. The first kappa shape index (κ1) is 30.1. The second-order valence-electron chi connectivity index (χ2n) is 10.2. The van der Waals surface area contributed by atoms with Gasteiger partial charge >= 0.3 is 0 Å². The largest absolute Gasteiger partial charge is 0.436 e. The van der Waals surface area contributed by atoms with Gasteiger partial charge in [0.1, 0.15) is 11.2 Å². The zero-order valence-electron chi connectivity index (χ0n) is 24.5. The number of nitrogens with zero attached hydrogens (tertiary/aromatic N) is 1. The highest BCUT2D eigenvalue weighted by atomic mass is 32.2. The van der Waals surface area contributed by atoms with E-state index >= 15 is 0 Å². The molecule has 0 spiro atoms. The molecule has 0 saturated carbocycles. The van der Waals surface area contributed by atoms with Crippen LogP contribution in [0.4, 0.5) is 11.4 Å². The number of para-hydroxylation sites is 2. The standard InChI is InChI=1S/C37H28N4O4S/c42-34(38-28-17-15-27(16-18-28)37-41-31-13-7-8-14-33(31)45-37)24-46-30-21-19-29(20-22-30)39-36(44)32(23-25-9-3-1-4-10-25)40-35(43)26-11-5-2-6-12-26/h1-23H,24H2,(H,38,42)(H,39,44)(H,40,43)/b32-23-. The van der Waals surface area contributed by atoms with E-state index in [0.717, 1.165) is 27.1 Å². The summed E-state index contributed by atoms with van der Waals surface area (Å²) in [6.07, 6.45) is 1.63. The Kier molecular flexibility index (Phi) is 9.32. The topological polar surface area (TPSA) is 113 Å². The van der Waals surface area contributed by atoms with Crippen LogP contribution in [0.3, 0.4) is 0 Å². The molecule has 0 fully saturated rings. The molecule has 0 atom stereocenters. The number of carbonyl (C=O) groups excluding carboxylic acids is 3. The highest BCUT2D eigenvalue weighted by molar-refractivity contribution is 8.00. The van der Waals surface area contributed by atoms with E-state index < -0.39 is 5.91 Å². The Bertz CT molecular complexity index is 1970. The molecule has 46 heavy (non-hydrogen) atoms. The minimum absolute atomic E-state index is 0.108. The van der Waals surface area contributed by atoms with Crippen LogP contribution in [0.1, 0.15) is 15.9 Å². The Morgan fingerprint density at radius 1 is 0.696 bits per heavy atom. The number of fused-ring (bicyclic) bond motifs is 1. The third-order valence-electron chi connectivity index (χ3n) is 6.83. The highest BCUT2D eigenvalue weighted by Gasteiger charge is 2.15. The number of anilines is 2. The van der Waals surface area contributed by atoms with Crippen molar-refractivity contribution in [3.8, 4) is 11.5 Å². The number of hydrogen-bond acceptors (Lipinski definition) is 6. The van der Waals surface area contributed by atoms with Gasteiger partial charge < -0.3 is 20.4 Å². The van der Waals surface area contributed by atoms with E-state index in [-0.39, 0.29) is 23.3 Å². The second kappa shape index (κ2) is 14.2. The molecular weight excluding hydrogens is 596 g/mol. The molecular formula is C37H28N4O4S. The van der Waals surface area contributed by atoms with Crippen molar-refractivity contribution in [1.29, 1.82) is 0 Å². The van der Waals surface area contributed by atoms with Gasteiger partial charge in [0, 0.05) is 27.4 Å². The Morgan fingerprint density at radius 3 is 2.04 bits per heavy atom. The lowest BCUT2D eigenvalue weighted by Crippen LogP contribution is -2.30. The predicted molar refractivity (Wildman–Crippen MR) is 182 cm³/mol. The quantitative estimate of drug-likeness (QED) is 0.107. The first-order chi connectivity index (χ1) is 22.5. The van der Waals surface area contributed by atoms with E-state index in [2.05, 4.69) is 20.9 Å². The molecule has 3 N–H and O–H groups in total. The Labute approximate surface area is 269 Å². The fourth-order valence-corrected chi connectivity index (χ4v) is 5.23. The van der Waals surface area contributed by atoms with Gasteiger partial charge in [0.25, 0.3) is 11.8 Å². The average Bonchev–Trinajstić information content (AvgIpc) is 3.53. The summed E-state index contributed by atoms with van der Waals surface area (Å²) in [5, 5.41) is 8.49. The predicted octanol–water partition coefficient (Wildman–Crippen LogP) is 7.64. The lowest BCUT2D eigenvalue weighted by molar-refractivity contribution is -0.114. The average molecular weight is 625 g/mol. The van der Waals surface area contributed by atoms with Crippen LogP contribution in [0.25, 0.3) is 28.6 Å². The molecule has 0 aliphatic carbocycles. The Morgan fingerprint density at radius 2 is 1.33 bits per heavy atom. The van der Waals surface area contributed by atoms with Crippen LogP contribution in [0.2, 0.25) is 0 Å². The van der Waals surface area contributed by atoms with E-state index in [1.807, 2.05) is 97.1 Å². The SMILES string of the molecule is O=C(CSc1ccc(NC(=O)/C(=C/c2ccccc2)NC(=O)c2ccccc2)cc1)Nc1ccc(-c2nc3ccccc3o2)cc1. The summed E-state index contributed by atoms with van der Waals surface area (Å²) in [4.78, 5) is 44.0. The number of amides is 3. The van der Waals surface area contributed by atoms with Crippen LogP contribution < -0.4 is 16.0 Å². The first-order valence-corrected chi connectivity index (χ1v) is 15.4. The summed E-state index contributed by atoms with van der Waals surface area (Å²) in [7, 11) is 0. The maximum absolute atomic E-state index is 13.2. The van der Waals surface area contributed by atoms with Gasteiger partial charge in [-0.3, -0.25) is 14.4 Å². The zero-order chi connectivity index (χ0) is 31.7. The highest BCUT2D eigenvalue weighted by Crippen LogP contribution is 2.26. The molecule has 0 aliphatic rings. The molecule has 0 aliphatic heterocycles. The monoisotopic (exact) mass is 624 g/mol. The molecule has 226 valence electrons. The van der Waals surface area contributed by atoms with E-state index in [0.29, 0.717) is 22.8 Å². The summed E-state index contributed by atoms with van der Waals surface area (Å²) in [5.74, 6) is -0.276. The van der Waals surface area contributed by atoms with E-state index in [1.54, 1.807) is 42.5 Å². The molecule has 5 aromatic carbocycles. The number of benzene rings is 5. The van der Waals surface area contributed by atoms with Gasteiger partial charge in [-0.2, -0.15) is 0 Å². The number of hydrogen-bond donors (Lipinski definition) is 3. The van der Waals surface area contributed by atoms with Crippen molar-refractivity contribution in [3.05, 3.63) is 150 Å². The summed E-state index contributed by atoms with van der Waals surface area (Å²) in [6.45, 7) is 0. The van der Waals surface area contributed by atoms with Crippen molar-refractivity contribution in [2.24, 2.45) is 0 Å². The lowest BCUT2D eigenvalue weighted by atomic mass is 10.1. The number of aromatic nitrogens is 1. The molecule has 6 rings (SSSR count). The van der Waals surface area contributed by atoms with Gasteiger partial charge in [0.2, 0.25) is 11.8 Å². The van der Waals surface area contributed by atoms with Crippen LogP contribution >= 0.6 is 11.8 Å². The molecule has 3 amide bonds. The van der Waals surface area contributed by atoms with Crippen LogP contribution in [0, 0.1) is 0 Å². The van der Waals surface area contributed by atoms with Gasteiger partial charge in [-0.05, 0) is 84.4 Å². The van der Waals surface area contributed by atoms with E-state index in [4.69, 9.17) is 4.42 Å². The maximum atomic E-state index is 13.2. The third kappa shape index (κ3) is 7.77. The summed E-state index contributed by atoms with van der Waals surface area (Å²) in [6, 6.07) is 40.1. The fraction of sp³-hybridized carbons (Fsp3) is 0.0270. The molecule has 8 nitrogen and oxygen atoms in total. The molecule has 1 heterocycles. The molecule has 1 aromatic heterocycles. The number of thioether (sulfide) groups is 1. The summed E-state index contributed by atoms with van der Waals surface area (Å²) in [5.41, 5.74) is 4.86. The Balaban J connectivity index is 1.03. The van der Waals surface area contributed by atoms with Gasteiger partial charge in [-0.1, -0.05) is 60.7 Å². The van der Waals surface area contributed by atoms with Gasteiger partial charge in [-0.15, -0.1) is 11.8 Å². The second-order valence-corrected chi connectivity index (χ2v) is 11.2. The molecule has 0 radical (unpaired) electrons. The van der Waals surface area contributed by atoms with E-state index in [9.17, 15) is 14.4 Å². The van der Waals surface area contributed by atoms with Crippen molar-refractivity contribution >= 4 is 58.0 Å². The maximum Gasteiger partial charge on any atom is 0.272 e. The molecule has 0 unspecified atom stereocenters. The Hall–Kier alpha value is -5.93. The third-order valence-corrected chi connectivity index (χ3v) is 7.84. The minimum atomic E-state index is -0.463. The van der Waals surface area contributed by atoms with E-state index in [1.165, 1.54) is 11.8 Å². The van der Waals surface area contributed by atoms with Crippen molar-refractivity contribution < 1.29 is 18.8 Å². The zero-order valence-corrected chi connectivity index (χ0v) is 25.3. The smallest absolute Gasteiger partial charge is 0.272 e. The number of carbonyl (C=O) groups is 3. The molecule has 0 saturated heterocycles. The lowest BCUT2D eigenvalue weighted by Gasteiger charge is -2.12. The van der Waals surface area contributed by atoms with Gasteiger partial charge in [0.15, 0.2) is 5.58 Å². The van der Waals surface area contributed by atoms with Crippen molar-refractivity contribution in [2.75, 3.05) is 16.4 Å². The van der Waals surface area contributed by atoms with Crippen molar-refractivity contribution in [2.45, 2.75) is 4.90 Å². The summed E-state index contributed by atoms with van der Waals surface area (Å²) >= 11 is 1.37. The molecule has 0 bridgehead atoms. The number of rotatable bonds is 10. The first-order valence-electron chi connectivity index (χ1n) is 14.4. The van der Waals surface area contributed by atoms with Gasteiger partial charge in [0.05, 0.1) is 5.75 Å². The number of nitrogens with one attached hydrogen (secondary N) is 3. The summed E-state index contributed by atoms with van der Waals surface area (Å²) < 4.78 is 5.82. The van der Waals surface area contributed by atoms with Crippen LogP contribution in [0.15, 0.2) is 148 Å². The fourth-order valence-electron chi connectivity index (χ4n) is 4.53. The van der Waals surface area contributed by atoms with Crippen LogP contribution in [-0.4, -0.2) is 28.5 Å². The molecule has 9 heteroatoms. The van der Waals surface area contributed by atoms with Crippen molar-refractivity contribution in [3.63, 3.8) is 0 Å². The van der Waals surface area contributed by atoms with Crippen LogP contribution in [0.5, 0.6) is 0 Å². The van der Waals surface area contributed by atoms with Crippen molar-refractivity contribution in [1.82, 2.24) is 10.3 Å². The minimum Gasteiger partial charge on any atom is -0.436 e. The molecule has 6 aromatic rings. The van der Waals surface area contributed by atoms with Crippen LogP contribution in [-0.2, 0) is 9.59 Å².